The summed E-state index contributed by atoms with van der Waals surface area (Å²) >= 11 is 1.54. The quantitative estimate of drug-likeness (QED) is 0.687. The number of thioether (sulfide) groups is 1. The van der Waals surface area contributed by atoms with Crippen LogP contribution < -0.4 is 10.2 Å². The number of rotatable bonds is 4. The third kappa shape index (κ3) is 3.04. The molecular weight excluding hydrogens is 268 g/mol. The minimum Gasteiger partial charge on any atom is -0.373 e. The third-order valence-electron chi connectivity index (χ3n) is 3.19. The first-order valence-electron chi connectivity index (χ1n) is 6.47. The predicted octanol–water partition coefficient (Wildman–Crippen LogP) is 3.62. The lowest BCUT2D eigenvalue weighted by Gasteiger charge is -2.21. The molecule has 1 aromatic heterocycles. The summed E-state index contributed by atoms with van der Waals surface area (Å²) in [7, 11) is 3.90. The maximum Gasteiger partial charge on any atom is 0.191 e. The second-order valence-corrected chi connectivity index (χ2v) is 5.47. The molecule has 0 spiro atoms. The first-order valence-corrected chi connectivity index (χ1v) is 7.69. The Labute approximate surface area is 124 Å². The molecule has 0 fully saturated rings. The molecule has 0 aliphatic heterocycles. The number of nitrogens with one attached hydrogen (secondary N) is 1. The van der Waals surface area contributed by atoms with Crippen molar-refractivity contribution in [3.8, 4) is 0 Å². The van der Waals surface area contributed by atoms with Crippen LogP contribution in [0.15, 0.2) is 29.4 Å². The molecule has 0 aliphatic carbocycles. The lowest BCUT2D eigenvalue weighted by atomic mass is 10.1. The van der Waals surface area contributed by atoms with Crippen LogP contribution in [0.2, 0.25) is 0 Å². The minimum absolute atomic E-state index is 0.767. The molecule has 0 saturated carbocycles. The molecule has 0 unspecified atom stereocenters. The highest BCUT2D eigenvalue weighted by molar-refractivity contribution is 7.98. The van der Waals surface area contributed by atoms with Crippen molar-refractivity contribution in [1.29, 1.82) is 0 Å². The van der Waals surface area contributed by atoms with E-state index in [2.05, 4.69) is 52.2 Å². The van der Waals surface area contributed by atoms with Crippen molar-refractivity contribution < 1.29 is 0 Å². The third-order valence-corrected chi connectivity index (χ3v) is 3.74. The summed E-state index contributed by atoms with van der Waals surface area (Å²) in [6.45, 7) is 4.22. The van der Waals surface area contributed by atoms with E-state index in [4.69, 9.17) is 0 Å². The van der Waals surface area contributed by atoms with Crippen LogP contribution in [0, 0.1) is 13.8 Å². The molecule has 106 valence electrons. The molecule has 1 aromatic carbocycles. The average molecular weight is 288 g/mol. The highest BCUT2D eigenvalue weighted by atomic mass is 32.2. The van der Waals surface area contributed by atoms with E-state index in [0.717, 1.165) is 22.5 Å². The van der Waals surface area contributed by atoms with Crippen molar-refractivity contribution >= 4 is 29.1 Å². The van der Waals surface area contributed by atoms with E-state index in [-0.39, 0.29) is 0 Å². The maximum absolute atomic E-state index is 4.58. The fraction of sp³-hybridized carbons (Fsp3) is 0.333. The van der Waals surface area contributed by atoms with Gasteiger partial charge < -0.3 is 10.2 Å². The summed E-state index contributed by atoms with van der Waals surface area (Å²) in [5.41, 5.74) is 3.66. The van der Waals surface area contributed by atoms with Gasteiger partial charge in [-0.1, -0.05) is 29.5 Å². The summed E-state index contributed by atoms with van der Waals surface area (Å²) in [5.74, 6) is 1.72. The van der Waals surface area contributed by atoms with E-state index >= 15 is 0 Å². The molecule has 0 saturated heterocycles. The number of nitrogens with zero attached hydrogens (tertiary/aromatic N) is 3. The predicted molar refractivity (Wildman–Crippen MR) is 87.3 cm³/mol. The number of hydrogen-bond acceptors (Lipinski definition) is 5. The van der Waals surface area contributed by atoms with Gasteiger partial charge in [0, 0.05) is 25.8 Å². The summed E-state index contributed by atoms with van der Waals surface area (Å²) in [5, 5.41) is 3.85. The van der Waals surface area contributed by atoms with Gasteiger partial charge >= 0.3 is 0 Å². The number of anilines is 3. The average Bonchev–Trinajstić information content (AvgIpc) is 2.46. The second-order valence-electron chi connectivity index (χ2n) is 4.70. The van der Waals surface area contributed by atoms with Crippen LogP contribution in [0.4, 0.5) is 17.3 Å². The lowest BCUT2D eigenvalue weighted by molar-refractivity contribution is 0.946. The van der Waals surface area contributed by atoms with Crippen LogP contribution in [-0.4, -0.2) is 30.3 Å². The zero-order valence-corrected chi connectivity index (χ0v) is 13.4. The molecule has 0 amide bonds. The van der Waals surface area contributed by atoms with Gasteiger partial charge in [0.05, 0.1) is 0 Å². The zero-order chi connectivity index (χ0) is 14.7. The lowest BCUT2D eigenvalue weighted by Crippen LogP contribution is -2.14. The molecule has 4 nitrogen and oxygen atoms in total. The molecule has 1 heterocycles. The molecule has 0 bridgehead atoms. The Morgan fingerprint density at radius 3 is 2.50 bits per heavy atom. The van der Waals surface area contributed by atoms with E-state index < -0.39 is 0 Å². The van der Waals surface area contributed by atoms with Gasteiger partial charge in [0.2, 0.25) is 0 Å². The Kier molecular flexibility index (Phi) is 4.49. The highest BCUT2D eigenvalue weighted by Crippen LogP contribution is 2.28. The molecule has 0 aliphatic rings. The Balaban J connectivity index is 2.44. The second kappa shape index (κ2) is 6.13. The fourth-order valence-corrected chi connectivity index (χ4v) is 2.48. The standard InChI is InChI=1S/C15H20N4S/c1-10-6-7-12(11(2)8-10)19(4)14-9-13(16-3)17-15(18-14)20-5/h6-9H,1-5H3,(H,16,17,18). The molecule has 0 atom stereocenters. The normalized spacial score (nSPS) is 10.4. The zero-order valence-electron chi connectivity index (χ0n) is 12.6. The Morgan fingerprint density at radius 1 is 1.15 bits per heavy atom. The first-order chi connectivity index (χ1) is 9.55. The van der Waals surface area contributed by atoms with Crippen molar-refractivity contribution in [2.75, 3.05) is 30.6 Å². The van der Waals surface area contributed by atoms with Gasteiger partial charge in [0.1, 0.15) is 11.6 Å². The molecule has 2 aromatic rings. The Hall–Kier alpha value is -1.75. The van der Waals surface area contributed by atoms with Crippen molar-refractivity contribution in [2.45, 2.75) is 19.0 Å². The number of benzene rings is 1. The molecule has 20 heavy (non-hydrogen) atoms. The summed E-state index contributed by atoms with van der Waals surface area (Å²) in [6.07, 6.45) is 1.98. The van der Waals surface area contributed by atoms with Gasteiger partial charge in [-0.25, -0.2) is 9.97 Å². The van der Waals surface area contributed by atoms with E-state index in [1.54, 1.807) is 11.8 Å². The van der Waals surface area contributed by atoms with Crippen LogP contribution in [0.1, 0.15) is 11.1 Å². The summed E-state index contributed by atoms with van der Waals surface area (Å²) in [4.78, 5) is 11.1. The molecular formula is C15H20N4S. The van der Waals surface area contributed by atoms with Gasteiger partial charge in [0.25, 0.3) is 0 Å². The van der Waals surface area contributed by atoms with E-state index in [1.807, 2.05) is 26.4 Å². The van der Waals surface area contributed by atoms with Crippen molar-refractivity contribution in [2.24, 2.45) is 0 Å². The van der Waals surface area contributed by atoms with Gasteiger partial charge in [-0.05, 0) is 31.7 Å². The van der Waals surface area contributed by atoms with Gasteiger partial charge in [0.15, 0.2) is 5.16 Å². The van der Waals surface area contributed by atoms with Crippen molar-refractivity contribution in [1.82, 2.24) is 9.97 Å². The van der Waals surface area contributed by atoms with Gasteiger partial charge in [-0.2, -0.15) is 0 Å². The molecule has 2 rings (SSSR count). The molecule has 0 radical (unpaired) electrons. The topological polar surface area (TPSA) is 41.0 Å². The van der Waals surface area contributed by atoms with Crippen molar-refractivity contribution in [3.63, 3.8) is 0 Å². The smallest absolute Gasteiger partial charge is 0.191 e. The molecule has 1 N–H and O–H groups in total. The number of aryl methyl sites for hydroxylation is 2. The van der Waals surface area contributed by atoms with Crippen LogP contribution >= 0.6 is 11.8 Å². The van der Waals surface area contributed by atoms with E-state index in [0.29, 0.717) is 0 Å². The monoisotopic (exact) mass is 288 g/mol. The highest BCUT2D eigenvalue weighted by Gasteiger charge is 2.11. The van der Waals surface area contributed by atoms with Crippen LogP contribution in [0.5, 0.6) is 0 Å². The van der Waals surface area contributed by atoms with Gasteiger partial charge in [-0.15, -0.1) is 0 Å². The number of hydrogen-bond donors (Lipinski definition) is 1. The minimum atomic E-state index is 0.767. The molecule has 5 heteroatoms. The van der Waals surface area contributed by atoms with Gasteiger partial charge in [-0.3, -0.25) is 0 Å². The number of aromatic nitrogens is 2. The van der Waals surface area contributed by atoms with Crippen LogP contribution in [-0.2, 0) is 0 Å². The van der Waals surface area contributed by atoms with Crippen LogP contribution in [0.3, 0.4) is 0 Å². The fourth-order valence-electron chi connectivity index (χ4n) is 2.11. The maximum atomic E-state index is 4.58. The van der Waals surface area contributed by atoms with E-state index in [1.165, 1.54) is 11.1 Å². The Morgan fingerprint density at radius 2 is 1.90 bits per heavy atom. The van der Waals surface area contributed by atoms with Crippen LogP contribution in [0.25, 0.3) is 0 Å². The summed E-state index contributed by atoms with van der Waals surface area (Å²) < 4.78 is 0. The summed E-state index contributed by atoms with van der Waals surface area (Å²) in [6, 6.07) is 8.39. The van der Waals surface area contributed by atoms with E-state index in [9.17, 15) is 0 Å². The first kappa shape index (κ1) is 14.7. The SMILES string of the molecule is CNc1cc(N(C)c2ccc(C)cc2C)nc(SC)n1. The van der Waals surface area contributed by atoms with Crippen molar-refractivity contribution in [3.05, 3.63) is 35.4 Å². The Bertz CT molecular complexity index is 591. The largest absolute Gasteiger partial charge is 0.373 e.